The van der Waals surface area contributed by atoms with E-state index < -0.39 is 11.7 Å². The van der Waals surface area contributed by atoms with Crippen LogP contribution < -0.4 is 5.73 Å². The Hall–Kier alpha value is -2.39. The third-order valence-corrected chi connectivity index (χ3v) is 3.83. The van der Waals surface area contributed by atoms with Gasteiger partial charge in [-0.3, -0.25) is 0 Å². The quantitative estimate of drug-likeness (QED) is 0.553. The van der Waals surface area contributed by atoms with Gasteiger partial charge in [-0.1, -0.05) is 54.3 Å². The summed E-state index contributed by atoms with van der Waals surface area (Å²) in [7, 11) is 0. The normalized spacial score (nSPS) is 12.9. The molecule has 2 nitrogen and oxygen atoms in total. The summed E-state index contributed by atoms with van der Waals surface area (Å²) in [6.45, 7) is 7.46. The Morgan fingerprint density at radius 1 is 1.25 bits per heavy atom. The van der Waals surface area contributed by atoms with E-state index in [-0.39, 0.29) is 16.2 Å². The van der Waals surface area contributed by atoms with Gasteiger partial charge in [-0.2, -0.15) is 18.4 Å². The average Bonchev–Trinajstić information content (AvgIpc) is 2.51. The molecule has 0 aliphatic carbocycles. The molecule has 0 bridgehead atoms. The Bertz CT molecular complexity index is 746. The lowest BCUT2D eigenvalue weighted by atomic mass is 10.0. The second-order valence-electron chi connectivity index (χ2n) is 5.01. The number of nitriles is 1. The van der Waals surface area contributed by atoms with Crippen molar-refractivity contribution in [1.29, 1.82) is 5.26 Å². The average molecular weight is 350 g/mol. The number of hydrogen-bond acceptors (Lipinski definition) is 3. The zero-order valence-corrected chi connectivity index (χ0v) is 14.1. The van der Waals surface area contributed by atoms with Crippen molar-refractivity contribution >= 4 is 17.3 Å². The zero-order valence-electron chi connectivity index (χ0n) is 13.3. The van der Waals surface area contributed by atoms with Crippen molar-refractivity contribution in [3.8, 4) is 6.07 Å². The zero-order chi connectivity index (χ0) is 18.3. The highest BCUT2D eigenvalue weighted by Crippen LogP contribution is 2.37. The molecule has 0 heterocycles. The molecule has 0 aliphatic heterocycles. The molecule has 1 rings (SSSR count). The van der Waals surface area contributed by atoms with Crippen molar-refractivity contribution in [3.63, 3.8) is 0 Å². The van der Waals surface area contributed by atoms with E-state index in [2.05, 4.69) is 6.58 Å². The Balaban J connectivity index is 3.38. The van der Waals surface area contributed by atoms with Crippen LogP contribution in [0.2, 0.25) is 0 Å². The van der Waals surface area contributed by atoms with Crippen LogP contribution in [0.4, 0.5) is 13.2 Å². The van der Waals surface area contributed by atoms with Crippen molar-refractivity contribution in [1.82, 2.24) is 0 Å². The number of nitrogens with zero attached hydrogens (tertiary/aromatic N) is 1. The fourth-order valence-corrected chi connectivity index (χ4v) is 2.50. The molecule has 0 unspecified atom stereocenters. The number of rotatable bonds is 5. The van der Waals surface area contributed by atoms with Crippen LogP contribution in [0.15, 0.2) is 64.6 Å². The van der Waals surface area contributed by atoms with E-state index in [9.17, 15) is 18.4 Å². The molecular formula is C18H17F3N2S. The number of alkyl halides is 3. The molecule has 126 valence electrons. The lowest BCUT2D eigenvalue weighted by Gasteiger charge is -2.13. The van der Waals surface area contributed by atoms with Crippen molar-refractivity contribution in [3.05, 3.63) is 75.7 Å². The first-order valence-electron chi connectivity index (χ1n) is 6.92. The van der Waals surface area contributed by atoms with Gasteiger partial charge in [0.2, 0.25) is 0 Å². The highest BCUT2D eigenvalue weighted by Gasteiger charge is 2.34. The van der Waals surface area contributed by atoms with Crippen LogP contribution in [-0.4, -0.2) is 0 Å². The Labute approximate surface area is 143 Å². The molecular weight excluding hydrogens is 333 g/mol. The topological polar surface area (TPSA) is 49.8 Å². The van der Waals surface area contributed by atoms with Gasteiger partial charge in [0.25, 0.3) is 0 Å². The second kappa shape index (κ2) is 8.46. The number of halogens is 3. The van der Waals surface area contributed by atoms with Crippen LogP contribution in [-0.2, 0) is 6.18 Å². The maximum Gasteiger partial charge on any atom is 0.417 e. The summed E-state index contributed by atoms with van der Waals surface area (Å²) in [5.41, 5.74) is 5.61. The van der Waals surface area contributed by atoms with Gasteiger partial charge >= 0.3 is 6.18 Å². The predicted molar refractivity (Wildman–Crippen MR) is 93.5 cm³/mol. The molecule has 6 heteroatoms. The second-order valence-corrected chi connectivity index (χ2v) is 6.13. The van der Waals surface area contributed by atoms with Crippen LogP contribution in [0.5, 0.6) is 0 Å². The molecule has 24 heavy (non-hydrogen) atoms. The van der Waals surface area contributed by atoms with Gasteiger partial charge in [0.15, 0.2) is 0 Å². The fourth-order valence-electron chi connectivity index (χ4n) is 1.77. The maximum absolute atomic E-state index is 13.1. The predicted octanol–water partition coefficient (Wildman–Crippen LogP) is 5.63. The van der Waals surface area contributed by atoms with Crippen molar-refractivity contribution in [2.24, 2.45) is 5.73 Å². The molecule has 0 saturated carbocycles. The SMILES string of the molecule is C=C/C(=C\C=C(C)C)S/C(N)=C(\C#N)c1ccccc1C(F)(F)F. The highest BCUT2D eigenvalue weighted by atomic mass is 32.2. The van der Waals surface area contributed by atoms with E-state index in [4.69, 9.17) is 5.73 Å². The largest absolute Gasteiger partial charge is 0.417 e. The van der Waals surface area contributed by atoms with Gasteiger partial charge in [-0.05, 0) is 26.0 Å². The minimum atomic E-state index is -4.57. The Morgan fingerprint density at radius 3 is 2.38 bits per heavy atom. The van der Waals surface area contributed by atoms with Crippen LogP contribution in [0.1, 0.15) is 25.0 Å². The molecule has 0 aliphatic rings. The van der Waals surface area contributed by atoms with Gasteiger partial charge in [-0.25, -0.2) is 0 Å². The molecule has 0 saturated heterocycles. The first kappa shape index (κ1) is 19.7. The summed E-state index contributed by atoms with van der Waals surface area (Å²) < 4.78 is 39.4. The number of hydrogen-bond donors (Lipinski definition) is 1. The van der Waals surface area contributed by atoms with Gasteiger partial charge in [0, 0.05) is 10.5 Å². The standard InChI is InChI=1S/C18H17F3N2S/c1-4-13(10-9-12(2)3)24-17(23)15(11-22)14-7-5-6-8-16(14)18(19,20)21/h4-10H,1,23H2,2-3H3/b13-10+,17-15+. The van der Waals surface area contributed by atoms with Gasteiger partial charge in [0.05, 0.1) is 16.2 Å². The van der Waals surface area contributed by atoms with E-state index in [1.165, 1.54) is 24.3 Å². The molecule has 1 aromatic rings. The molecule has 0 spiro atoms. The van der Waals surface area contributed by atoms with Gasteiger partial charge in [0.1, 0.15) is 6.07 Å². The first-order chi connectivity index (χ1) is 11.2. The summed E-state index contributed by atoms with van der Waals surface area (Å²) in [5.74, 6) is 0. The van der Waals surface area contributed by atoms with Crippen molar-refractivity contribution in [2.75, 3.05) is 0 Å². The van der Waals surface area contributed by atoms with E-state index in [1.807, 2.05) is 19.9 Å². The molecule has 0 fully saturated rings. The smallest absolute Gasteiger partial charge is 0.392 e. The monoisotopic (exact) mass is 350 g/mol. The molecule has 1 aromatic carbocycles. The number of allylic oxidation sites excluding steroid dienone is 5. The first-order valence-corrected chi connectivity index (χ1v) is 7.74. The summed E-state index contributed by atoms with van der Waals surface area (Å²) in [5, 5.41) is 9.31. The van der Waals surface area contributed by atoms with E-state index in [1.54, 1.807) is 12.1 Å². The van der Waals surface area contributed by atoms with Crippen LogP contribution in [0.3, 0.4) is 0 Å². The number of benzene rings is 1. The molecule has 0 aromatic heterocycles. The van der Waals surface area contributed by atoms with Crippen molar-refractivity contribution in [2.45, 2.75) is 20.0 Å². The molecule has 0 amide bonds. The van der Waals surface area contributed by atoms with E-state index in [0.29, 0.717) is 4.91 Å². The van der Waals surface area contributed by atoms with Gasteiger partial charge < -0.3 is 5.73 Å². The third kappa shape index (κ3) is 5.36. The lowest BCUT2D eigenvalue weighted by Crippen LogP contribution is -2.10. The highest BCUT2D eigenvalue weighted by molar-refractivity contribution is 8.07. The Morgan fingerprint density at radius 2 is 1.88 bits per heavy atom. The molecule has 0 atom stereocenters. The van der Waals surface area contributed by atoms with Gasteiger partial charge in [-0.15, -0.1) is 0 Å². The summed E-state index contributed by atoms with van der Waals surface area (Å²) in [6, 6.07) is 6.66. The van der Waals surface area contributed by atoms with Crippen LogP contribution in [0, 0.1) is 11.3 Å². The van der Waals surface area contributed by atoms with Crippen LogP contribution in [0.25, 0.3) is 5.57 Å². The fraction of sp³-hybridized carbons (Fsp3) is 0.167. The maximum atomic E-state index is 13.1. The molecule has 0 radical (unpaired) electrons. The third-order valence-electron chi connectivity index (χ3n) is 2.87. The van der Waals surface area contributed by atoms with E-state index >= 15 is 0 Å². The van der Waals surface area contributed by atoms with Crippen molar-refractivity contribution < 1.29 is 13.2 Å². The minimum absolute atomic E-state index is 0.0116. The minimum Gasteiger partial charge on any atom is -0.392 e. The van der Waals surface area contributed by atoms with Crippen LogP contribution >= 0.6 is 11.8 Å². The number of nitrogens with two attached hydrogens (primary N) is 1. The number of thioether (sulfide) groups is 1. The van der Waals surface area contributed by atoms with E-state index in [0.717, 1.165) is 23.4 Å². The summed E-state index contributed by atoms with van der Waals surface area (Å²) >= 11 is 1.000. The molecule has 2 N–H and O–H groups in total. The summed E-state index contributed by atoms with van der Waals surface area (Å²) in [4.78, 5) is 0.630. The summed E-state index contributed by atoms with van der Waals surface area (Å²) in [6.07, 6.45) is 0.530. The Kier molecular flexibility index (Phi) is 6.93. The lowest BCUT2D eigenvalue weighted by molar-refractivity contribution is -0.137.